The molecule has 5 heteroatoms. The van der Waals surface area contributed by atoms with Gasteiger partial charge in [0.1, 0.15) is 11.6 Å². The Balaban J connectivity index is 2.37. The Morgan fingerprint density at radius 3 is 2.94 bits per heavy atom. The van der Waals surface area contributed by atoms with Crippen LogP contribution in [0.5, 0.6) is 0 Å². The highest BCUT2D eigenvalue weighted by atomic mass is 35.5. The molecule has 0 radical (unpaired) electrons. The third-order valence-electron chi connectivity index (χ3n) is 2.71. The zero-order chi connectivity index (χ0) is 12.4. The van der Waals surface area contributed by atoms with E-state index in [9.17, 15) is 4.39 Å². The summed E-state index contributed by atoms with van der Waals surface area (Å²) in [7, 11) is 0. The molecule has 0 unspecified atom stereocenters. The van der Waals surface area contributed by atoms with Crippen molar-refractivity contribution in [3.05, 3.63) is 52.3 Å². The van der Waals surface area contributed by atoms with Crippen LogP contribution in [-0.4, -0.2) is 9.55 Å². The van der Waals surface area contributed by atoms with Gasteiger partial charge >= 0.3 is 0 Å². The number of imidazole rings is 1. The molecule has 0 aliphatic heterocycles. The van der Waals surface area contributed by atoms with E-state index < -0.39 is 5.82 Å². The Labute approximate surface area is 104 Å². The molecule has 0 fully saturated rings. The van der Waals surface area contributed by atoms with Gasteiger partial charge in [-0.3, -0.25) is 0 Å². The van der Waals surface area contributed by atoms with Gasteiger partial charge in [0, 0.05) is 12.7 Å². The topological polar surface area (TPSA) is 43.8 Å². The number of benzene rings is 1. The molecule has 2 rings (SSSR count). The van der Waals surface area contributed by atoms with E-state index in [-0.39, 0.29) is 5.02 Å². The molecule has 0 aliphatic carbocycles. The van der Waals surface area contributed by atoms with Crippen molar-refractivity contribution >= 4 is 11.6 Å². The van der Waals surface area contributed by atoms with E-state index in [0.717, 1.165) is 17.1 Å². The van der Waals surface area contributed by atoms with E-state index in [0.29, 0.717) is 13.1 Å². The van der Waals surface area contributed by atoms with Crippen LogP contribution >= 0.6 is 11.6 Å². The van der Waals surface area contributed by atoms with Crippen molar-refractivity contribution in [2.24, 2.45) is 5.73 Å². The van der Waals surface area contributed by atoms with E-state index in [1.165, 1.54) is 6.07 Å². The maximum Gasteiger partial charge on any atom is 0.142 e. The molecule has 0 saturated heterocycles. The molecule has 2 N–H and O–H groups in total. The van der Waals surface area contributed by atoms with Gasteiger partial charge < -0.3 is 10.3 Å². The Morgan fingerprint density at radius 2 is 2.24 bits per heavy atom. The summed E-state index contributed by atoms with van der Waals surface area (Å²) in [5.74, 6) is 0.432. The lowest BCUT2D eigenvalue weighted by Crippen LogP contribution is -2.10. The van der Waals surface area contributed by atoms with Crippen LogP contribution in [0.3, 0.4) is 0 Å². The first kappa shape index (κ1) is 12.1. The molecule has 3 nitrogen and oxygen atoms in total. The van der Waals surface area contributed by atoms with E-state index in [2.05, 4.69) is 4.98 Å². The normalized spacial score (nSPS) is 10.8. The van der Waals surface area contributed by atoms with E-state index in [1.807, 2.05) is 11.5 Å². The zero-order valence-corrected chi connectivity index (χ0v) is 10.2. The molecular formula is C12H13ClFN3. The highest BCUT2D eigenvalue weighted by Gasteiger charge is 2.10. The SMILES string of the molecule is Cc1ncc(CN)n1Cc1cccc(F)c1Cl. The number of aryl methyl sites for hydroxylation is 1. The lowest BCUT2D eigenvalue weighted by atomic mass is 10.2. The Morgan fingerprint density at radius 1 is 1.47 bits per heavy atom. The number of rotatable bonds is 3. The summed E-state index contributed by atoms with van der Waals surface area (Å²) in [6.45, 7) is 2.76. The fourth-order valence-electron chi connectivity index (χ4n) is 1.73. The minimum absolute atomic E-state index is 0.156. The molecule has 0 amide bonds. The standard InChI is InChI=1S/C12H13ClFN3/c1-8-16-6-10(5-15)17(8)7-9-3-2-4-11(14)12(9)13/h2-4,6H,5,7,15H2,1H3. The third-order valence-corrected chi connectivity index (χ3v) is 3.13. The highest BCUT2D eigenvalue weighted by molar-refractivity contribution is 6.31. The molecule has 0 bridgehead atoms. The first-order chi connectivity index (χ1) is 8.13. The Hall–Kier alpha value is -1.39. The van der Waals surface area contributed by atoms with Crippen molar-refractivity contribution in [3.8, 4) is 0 Å². The van der Waals surface area contributed by atoms with E-state index >= 15 is 0 Å². The molecule has 0 atom stereocenters. The second-order valence-corrected chi connectivity index (χ2v) is 4.18. The van der Waals surface area contributed by atoms with Crippen LogP contribution in [-0.2, 0) is 13.1 Å². The predicted molar refractivity (Wildman–Crippen MR) is 65.4 cm³/mol. The van der Waals surface area contributed by atoms with Crippen molar-refractivity contribution in [1.82, 2.24) is 9.55 Å². The van der Waals surface area contributed by atoms with E-state index in [1.54, 1.807) is 18.3 Å². The molecule has 17 heavy (non-hydrogen) atoms. The molecule has 90 valence electrons. The molecule has 1 aromatic heterocycles. The van der Waals surface area contributed by atoms with Gasteiger partial charge in [-0.2, -0.15) is 0 Å². The average molecular weight is 254 g/mol. The van der Waals surface area contributed by atoms with Crippen LogP contribution in [0.15, 0.2) is 24.4 Å². The maximum absolute atomic E-state index is 13.3. The minimum atomic E-state index is -0.406. The molecule has 1 heterocycles. The highest BCUT2D eigenvalue weighted by Crippen LogP contribution is 2.21. The monoisotopic (exact) mass is 253 g/mol. The summed E-state index contributed by atoms with van der Waals surface area (Å²) in [4.78, 5) is 4.18. The summed E-state index contributed by atoms with van der Waals surface area (Å²) >= 11 is 5.92. The minimum Gasteiger partial charge on any atom is -0.327 e. The second kappa shape index (κ2) is 4.85. The summed E-state index contributed by atoms with van der Waals surface area (Å²) in [5.41, 5.74) is 7.25. The van der Waals surface area contributed by atoms with Gasteiger partial charge in [0.05, 0.1) is 17.3 Å². The average Bonchev–Trinajstić information content (AvgIpc) is 2.66. The number of nitrogens with two attached hydrogens (primary N) is 1. The van der Waals surface area contributed by atoms with Gasteiger partial charge in [0.2, 0.25) is 0 Å². The summed E-state index contributed by atoms with van der Waals surface area (Å²) < 4.78 is 15.2. The number of aromatic nitrogens is 2. The quantitative estimate of drug-likeness (QED) is 0.913. The number of hydrogen-bond acceptors (Lipinski definition) is 2. The van der Waals surface area contributed by atoms with Crippen LogP contribution in [0.4, 0.5) is 4.39 Å². The van der Waals surface area contributed by atoms with Gasteiger partial charge in [-0.25, -0.2) is 9.37 Å². The van der Waals surface area contributed by atoms with Crippen molar-refractivity contribution in [2.45, 2.75) is 20.0 Å². The van der Waals surface area contributed by atoms with Crippen LogP contribution in [0.25, 0.3) is 0 Å². The van der Waals surface area contributed by atoms with Crippen molar-refractivity contribution in [2.75, 3.05) is 0 Å². The van der Waals surface area contributed by atoms with Crippen LogP contribution < -0.4 is 5.73 Å². The number of hydrogen-bond donors (Lipinski definition) is 1. The van der Waals surface area contributed by atoms with Crippen LogP contribution in [0.1, 0.15) is 17.1 Å². The summed E-state index contributed by atoms with van der Waals surface area (Å²) in [6.07, 6.45) is 1.72. The first-order valence-corrected chi connectivity index (χ1v) is 5.65. The lowest BCUT2D eigenvalue weighted by Gasteiger charge is -2.10. The fraction of sp³-hybridized carbons (Fsp3) is 0.250. The Bertz CT molecular complexity index is 537. The van der Waals surface area contributed by atoms with Gasteiger partial charge in [-0.1, -0.05) is 23.7 Å². The third kappa shape index (κ3) is 2.33. The molecule has 0 saturated carbocycles. The zero-order valence-electron chi connectivity index (χ0n) is 9.45. The predicted octanol–water partition coefficient (Wildman–Crippen LogP) is 2.49. The van der Waals surface area contributed by atoms with Crippen molar-refractivity contribution in [3.63, 3.8) is 0 Å². The largest absolute Gasteiger partial charge is 0.327 e. The van der Waals surface area contributed by atoms with Crippen LogP contribution in [0, 0.1) is 12.7 Å². The molecular weight excluding hydrogens is 241 g/mol. The van der Waals surface area contributed by atoms with Gasteiger partial charge in [-0.15, -0.1) is 0 Å². The van der Waals surface area contributed by atoms with E-state index in [4.69, 9.17) is 17.3 Å². The van der Waals surface area contributed by atoms with Crippen molar-refractivity contribution in [1.29, 1.82) is 0 Å². The van der Waals surface area contributed by atoms with Crippen molar-refractivity contribution < 1.29 is 4.39 Å². The number of nitrogens with zero attached hydrogens (tertiary/aromatic N) is 2. The van der Waals surface area contributed by atoms with Gasteiger partial charge in [0.15, 0.2) is 0 Å². The summed E-state index contributed by atoms with van der Waals surface area (Å²) in [5, 5.41) is 0.156. The molecule has 2 aromatic rings. The lowest BCUT2D eigenvalue weighted by molar-refractivity contribution is 0.622. The van der Waals surface area contributed by atoms with Gasteiger partial charge in [-0.05, 0) is 18.6 Å². The smallest absolute Gasteiger partial charge is 0.142 e. The summed E-state index contributed by atoms with van der Waals surface area (Å²) in [6, 6.07) is 4.78. The number of halogens is 2. The molecule has 0 aliphatic rings. The van der Waals surface area contributed by atoms with Crippen LogP contribution in [0.2, 0.25) is 5.02 Å². The van der Waals surface area contributed by atoms with Gasteiger partial charge in [0.25, 0.3) is 0 Å². The fourth-order valence-corrected chi connectivity index (χ4v) is 1.92. The Kier molecular flexibility index (Phi) is 3.45. The molecule has 1 aromatic carbocycles. The maximum atomic E-state index is 13.3. The first-order valence-electron chi connectivity index (χ1n) is 5.27. The molecule has 0 spiro atoms. The second-order valence-electron chi connectivity index (χ2n) is 3.80.